The van der Waals surface area contributed by atoms with Crippen LogP contribution in [0.15, 0.2) is 23.1 Å². The quantitative estimate of drug-likeness (QED) is 0.871. The van der Waals surface area contributed by atoms with Gasteiger partial charge in [0.25, 0.3) is 0 Å². The first-order valence-corrected chi connectivity index (χ1v) is 7.49. The lowest BCUT2D eigenvalue weighted by molar-refractivity contribution is 0.288. The summed E-state index contributed by atoms with van der Waals surface area (Å²) in [6, 6.07) is 4.69. The molecule has 0 aromatic heterocycles. The third-order valence-electron chi connectivity index (χ3n) is 2.90. The van der Waals surface area contributed by atoms with Gasteiger partial charge in [0.2, 0.25) is 10.0 Å². The SMILES string of the molecule is C[C@@H](CN)NS(=O)(=O)c1ccc2c(c1)CCCO2.Cl. The van der Waals surface area contributed by atoms with E-state index < -0.39 is 10.0 Å². The topological polar surface area (TPSA) is 81.4 Å². The summed E-state index contributed by atoms with van der Waals surface area (Å²) in [5, 5.41) is 0. The maximum Gasteiger partial charge on any atom is 0.240 e. The fourth-order valence-electron chi connectivity index (χ4n) is 1.88. The minimum atomic E-state index is -3.49. The van der Waals surface area contributed by atoms with E-state index in [1.54, 1.807) is 25.1 Å². The van der Waals surface area contributed by atoms with E-state index in [9.17, 15) is 8.42 Å². The van der Waals surface area contributed by atoms with E-state index in [1.807, 2.05) is 0 Å². The lowest BCUT2D eigenvalue weighted by Gasteiger charge is -2.18. The summed E-state index contributed by atoms with van der Waals surface area (Å²) in [5.74, 6) is 0.784. The van der Waals surface area contributed by atoms with Gasteiger partial charge in [-0.05, 0) is 43.5 Å². The molecule has 1 aliphatic heterocycles. The van der Waals surface area contributed by atoms with Gasteiger partial charge in [0, 0.05) is 12.6 Å². The second-order valence-electron chi connectivity index (χ2n) is 4.48. The Morgan fingerprint density at radius 2 is 2.21 bits per heavy atom. The predicted octanol–water partition coefficient (Wildman–Crippen LogP) is 1.06. The van der Waals surface area contributed by atoms with Crippen LogP contribution >= 0.6 is 12.4 Å². The number of nitrogens with two attached hydrogens (primary N) is 1. The third kappa shape index (κ3) is 3.82. The molecule has 3 N–H and O–H groups in total. The highest BCUT2D eigenvalue weighted by atomic mass is 35.5. The zero-order valence-electron chi connectivity index (χ0n) is 10.8. The smallest absolute Gasteiger partial charge is 0.240 e. The summed E-state index contributed by atoms with van der Waals surface area (Å²) in [7, 11) is -3.49. The van der Waals surface area contributed by atoms with Crippen LogP contribution in [0, 0.1) is 0 Å². The van der Waals surface area contributed by atoms with Crippen LogP contribution in [0.2, 0.25) is 0 Å². The molecule has 19 heavy (non-hydrogen) atoms. The van der Waals surface area contributed by atoms with Crippen LogP contribution in [-0.2, 0) is 16.4 Å². The minimum absolute atomic E-state index is 0. The molecule has 7 heteroatoms. The lowest BCUT2D eigenvalue weighted by Crippen LogP contribution is -2.37. The Morgan fingerprint density at radius 1 is 1.47 bits per heavy atom. The average Bonchev–Trinajstić information content (AvgIpc) is 2.37. The molecule has 0 amide bonds. The molecule has 0 fully saturated rings. The van der Waals surface area contributed by atoms with Crippen molar-refractivity contribution >= 4 is 22.4 Å². The van der Waals surface area contributed by atoms with Gasteiger partial charge in [0.1, 0.15) is 5.75 Å². The van der Waals surface area contributed by atoms with Gasteiger partial charge >= 0.3 is 0 Å². The van der Waals surface area contributed by atoms with Crippen molar-refractivity contribution in [2.45, 2.75) is 30.7 Å². The number of benzene rings is 1. The number of aryl methyl sites for hydroxylation is 1. The fourth-order valence-corrected chi connectivity index (χ4v) is 3.19. The van der Waals surface area contributed by atoms with Crippen LogP contribution in [0.4, 0.5) is 0 Å². The van der Waals surface area contributed by atoms with Gasteiger partial charge in [0.15, 0.2) is 0 Å². The van der Waals surface area contributed by atoms with Crippen molar-refractivity contribution in [3.8, 4) is 5.75 Å². The number of ether oxygens (including phenoxy) is 1. The van der Waals surface area contributed by atoms with Crippen LogP contribution < -0.4 is 15.2 Å². The number of halogens is 1. The standard InChI is InChI=1S/C12H18N2O3S.ClH/c1-9(8-13)14-18(15,16)11-4-5-12-10(7-11)3-2-6-17-12;/h4-5,7,9,14H,2-3,6,8,13H2,1H3;1H/t9-;/m0./s1. The maximum absolute atomic E-state index is 12.1. The molecule has 0 spiro atoms. The summed E-state index contributed by atoms with van der Waals surface area (Å²) in [5.41, 5.74) is 6.37. The Bertz CT molecular complexity index is 534. The van der Waals surface area contributed by atoms with Crippen LogP contribution in [0.1, 0.15) is 18.9 Å². The number of nitrogens with one attached hydrogen (secondary N) is 1. The van der Waals surface area contributed by atoms with E-state index in [0.29, 0.717) is 6.61 Å². The summed E-state index contributed by atoms with van der Waals surface area (Å²) in [4.78, 5) is 0.270. The largest absolute Gasteiger partial charge is 0.493 e. The van der Waals surface area contributed by atoms with Gasteiger partial charge in [0.05, 0.1) is 11.5 Å². The van der Waals surface area contributed by atoms with E-state index in [1.165, 1.54) is 0 Å². The first kappa shape index (κ1) is 16.2. The molecule has 1 aromatic rings. The molecule has 2 rings (SSSR count). The maximum atomic E-state index is 12.1. The first-order chi connectivity index (χ1) is 8.53. The molecule has 1 aromatic carbocycles. The van der Waals surface area contributed by atoms with Gasteiger partial charge in [-0.25, -0.2) is 13.1 Å². The van der Waals surface area contributed by atoms with E-state index in [-0.39, 0.29) is 29.9 Å². The zero-order valence-corrected chi connectivity index (χ0v) is 12.4. The normalized spacial score (nSPS) is 15.9. The van der Waals surface area contributed by atoms with Gasteiger partial charge in [-0.1, -0.05) is 0 Å². The van der Waals surface area contributed by atoms with Crippen molar-refractivity contribution in [1.29, 1.82) is 0 Å². The molecule has 0 saturated carbocycles. The van der Waals surface area contributed by atoms with E-state index in [0.717, 1.165) is 24.2 Å². The summed E-state index contributed by atoms with van der Waals surface area (Å²) >= 11 is 0. The van der Waals surface area contributed by atoms with E-state index in [4.69, 9.17) is 10.5 Å². The van der Waals surface area contributed by atoms with Crippen LogP contribution in [-0.4, -0.2) is 27.6 Å². The zero-order chi connectivity index (χ0) is 13.2. The molecule has 5 nitrogen and oxygen atoms in total. The number of hydrogen-bond acceptors (Lipinski definition) is 4. The summed E-state index contributed by atoms with van der Waals surface area (Å²) in [6.45, 7) is 2.70. The fraction of sp³-hybridized carbons (Fsp3) is 0.500. The lowest BCUT2D eigenvalue weighted by atomic mass is 10.1. The number of hydrogen-bond donors (Lipinski definition) is 2. The van der Waals surface area contributed by atoms with Crippen molar-refractivity contribution in [3.63, 3.8) is 0 Å². The monoisotopic (exact) mass is 306 g/mol. The van der Waals surface area contributed by atoms with Crippen molar-refractivity contribution in [3.05, 3.63) is 23.8 Å². The predicted molar refractivity (Wildman–Crippen MR) is 76.3 cm³/mol. The van der Waals surface area contributed by atoms with E-state index >= 15 is 0 Å². The molecule has 1 aliphatic rings. The van der Waals surface area contributed by atoms with Crippen molar-refractivity contribution < 1.29 is 13.2 Å². The molecule has 0 unspecified atom stereocenters. The highest BCUT2D eigenvalue weighted by Crippen LogP contribution is 2.27. The van der Waals surface area contributed by atoms with E-state index in [2.05, 4.69) is 4.72 Å². The Balaban J connectivity index is 0.00000180. The molecule has 1 heterocycles. The van der Waals surface area contributed by atoms with Crippen molar-refractivity contribution in [2.24, 2.45) is 5.73 Å². The third-order valence-corrected chi connectivity index (χ3v) is 4.49. The van der Waals surface area contributed by atoms with Crippen LogP contribution in [0.5, 0.6) is 5.75 Å². The highest BCUT2D eigenvalue weighted by molar-refractivity contribution is 7.89. The molecular formula is C12H19ClN2O3S. The average molecular weight is 307 g/mol. The van der Waals surface area contributed by atoms with Crippen molar-refractivity contribution in [2.75, 3.05) is 13.2 Å². The Kier molecular flexibility index (Phi) is 5.61. The van der Waals surface area contributed by atoms with Crippen molar-refractivity contribution in [1.82, 2.24) is 4.72 Å². The number of rotatable bonds is 4. The number of fused-ring (bicyclic) bond motifs is 1. The molecule has 108 valence electrons. The van der Waals surface area contributed by atoms with Gasteiger partial charge in [-0.2, -0.15) is 0 Å². The molecule has 0 bridgehead atoms. The van der Waals surface area contributed by atoms with Gasteiger partial charge in [-0.3, -0.25) is 0 Å². The Morgan fingerprint density at radius 3 is 2.89 bits per heavy atom. The summed E-state index contributed by atoms with van der Waals surface area (Å²) in [6.07, 6.45) is 1.77. The first-order valence-electron chi connectivity index (χ1n) is 6.01. The molecule has 0 radical (unpaired) electrons. The summed E-state index contributed by atoms with van der Waals surface area (Å²) < 4.78 is 32.2. The van der Waals surface area contributed by atoms with Crippen LogP contribution in [0.3, 0.4) is 0 Å². The number of sulfonamides is 1. The molecule has 1 atom stereocenters. The minimum Gasteiger partial charge on any atom is -0.493 e. The second-order valence-corrected chi connectivity index (χ2v) is 6.19. The second kappa shape index (κ2) is 6.56. The molecular weight excluding hydrogens is 288 g/mol. The Labute approximate surface area is 120 Å². The highest BCUT2D eigenvalue weighted by Gasteiger charge is 2.19. The Hall–Kier alpha value is -0.820. The molecule has 0 saturated heterocycles. The van der Waals surface area contributed by atoms with Gasteiger partial charge < -0.3 is 10.5 Å². The van der Waals surface area contributed by atoms with Gasteiger partial charge in [-0.15, -0.1) is 12.4 Å². The molecule has 0 aliphatic carbocycles. The van der Waals surface area contributed by atoms with Crippen LogP contribution in [0.25, 0.3) is 0 Å².